The first-order chi connectivity index (χ1) is 46.5. The van der Waals surface area contributed by atoms with Gasteiger partial charge in [0.25, 0.3) is 17.7 Å². The monoisotopic (exact) mass is 1350 g/mol. The van der Waals surface area contributed by atoms with Crippen LogP contribution in [-0.2, 0) is 72.1 Å². The van der Waals surface area contributed by atoms with Crippen molar-refractivity contribution >= 4 is 63.2 Å². The van der Waals surface area contributed by atoms with Gasteiger partial charge in [0.05, 0.1) is 55.8 Å². The molecule has 5 aromatic rings. The lowest BCUT2D eigenvalue weighted by molar-refractivity contribution is -0.265. The fourth-order valence-corrected chi connectivity index (χ4v) is 13.9. The average Bonchev–Trinajstić information content (AvgIpc) is 1.70. The summed E-state index contributed by atoms with van der Waals surface area (Å²) in [5.41, 5.74) is 18.0. The van der Waals surface area contributed by atoms with E-state index in [4.69, 9.17) is 49.4 Å². The number of aliphatic hydroxyl groups is 1. The molecule has 1 aromatic carbocycles. The quantitative estimate of drug-likeness (QED) is 0.0124. The maximum Gasteiger partial charge on any atom is 0.326 e. The number of hydrogen-bond donors (Lipinski definition) is 4. The largest absolute Gasteiger partial charge is 0.480 e. The number of carbonyl (C=O) groups excluding carboxylic acids is 4. The molecule has 6 heterocycles. The van der Waals surface area contributed by atoms with E-state index in [0.29, 0.717) is 130 Å². The van der Waals surface area contributed by atoms with Gasteiger partial charge in [0.15, 0.2) is 17.0 Å². The van der Waals surface area contributed by atoms with Gasteiger partial charge in [-0.25, -0.2) is 19.4 Å². The minimum Gasteiger partial charge on any atom is -0.480 e. The number of aliphatic carboxylic acids is 1. The van der Waals surface area contributed by atoms with Crippen LogP contribution in [0, 0.1) is 35.5 Å². The van der Waals surface area contributed by atoms with Crippen molar-refractivity contribution in [2.45, 2.75) is 213 Å². The van der Waals surface area contributed by atoms with Crippen LogP contribution in [0.4, 0.5) is 11.8 Å². The van der Waals surface area contributed by atoms with Crippen molar-refractivity contribution in [3.63, 3.8) is 0 Å². The molecule has 8 rings (SSSR count). The van der Waals surface area contributed by atoms with E-state index in [1.165, 1.54) is 6.33 Å². The number of piperidine rings is 1. The van der Waals surface area contributed by atoms with E-state index in [1.54, 1.807) is 28.3 Å². The lowest BCUT2D eigenvalue weighted by atomic mass is 9.79. The highest BCUT2D eigenvalue weighted by molar-refractivity contribution is 6.39. The Kier molecular flexibility index (Phi) is 27.9. The first-order valence-electron chi connectivity index (χ1n) is 34.5. The highest BCUT2D eigenvalue weighted by atomic mass is 16.6. The fraction of sp³-hybridized carbons (Fsp3) is 0.625. The summed E-state index contributed by atoms with van der Waals surface area (Å²) in [6.45, 7) is 16.3. The zero-order valence-corrected chi connectivity index (χ0v) is 58.3. The van der Waals surface area contributed by atoms with Gasteiger partial charge >= 0.3 is 5.97 Å². The Hall–Kier alpha value is -7.39. The molecule has 530 valence electrons. The molecule has 0 radical (unpaired) electrons. The molecule has 3 aliphatic rings. The number of methoxy groups -OCH3 is 3. The zero-order chi connectivity index (χ0) is 69.9. The van der Waals surface area contributed by atoms with E-state index in [1.807, 2.05) is 91.8 Å². The average molecular weight is 1350 g/mol. The molecule has 25 heteroatoms. The number of ketones is 3. The standard InChI is InChI=1S/C72H103N11O14/c1-44(18-12-11-13-19-47(4)60(91-8)40-54-25-22-50(7)72(90,97-54)66(86)69(87)82-30-15-14-20-56(82)70(88)89)34-49(6)65(85)62(93-10)37-46(3)35-48(5)57(84)26-21-45(2)36-51-23-27-59(61(38-51)92-9)95-33-32-94-42-53-41-81(80-78-53)29-16-17-31-83-68-63(67(73)75-43-76-68)64(79-83)52-24-28-58-55(39-52)77-71(74)96-58/h11-13,18-19,24,28,35,39,41,43-45,48-51,54,56,59-62,90H,14-17,20-23,25-27,29-34,36-38,40,42H2,1-10H3,(H2,74,77)(H,88,89)(H2,73,75,76)/b13-11+,18-12+,46-35+,47-19+/t44-,45+,48-,49-,50-,51?,54+,56+,59-,60+,61-,62-,72-/m1/s1. The van der Waals surface area contributed by atoms with Crippen LogP contribution in [0.3, 0.4) is 0 Å². The van der Waals surface area contributed by atoms with E-state index < -0.39 is 53.7 Å². The van der Waals surface area contributed by atoms with Crippen LogP contribution >= 0.6 is 0 Å². The zero-order valence-electron chi connectivity index (χ0n) is 58.3. The summed E-state index contributed by atoms with van der Waals surface area (Å²) in [4.78, 5) is 80.0. The number of likely N-dealkylation sites (tertiary alicyclic amines) is 1. The number of aromatic nitrogens is 8. The predicted octanol–water partition coefficient (Wildman–Crippen LogP) is 10.2. The van der Waals surface area contributed by atoms with Crippen molar-refractivity contribution in [2.24, 2.45) is 35.5 Å². The van der Waals surface area contributed by atoms with Gasteiger partial charge in [-0.05, 0) is 139 Å². The highest BCUT2D eigenvalue weighted by Gasteiger charge is 2.53. The number of benzene rings is 1. The molecule has 97 heavy (non-hydrogen) atoms. The Balaban J connectivity index is 0.677. The van der Waals surface area contributed by atoms with Crippen molar-refractivity contribution in [1.29, 1.82) is 0 Å². The number of Topliss-reactive ketones (excluding diaryl/α,β-unsaturated/α-hetero) is 3. The van der Waals surface area contributed by atoms with Gasteiger partial charge in [-0.3, -0.25) is 23.9 Å². The van der Waals surface area contributed by atoms with Crippen LogP contribution in [0.25, 0.3) is 33.4 Å². The smallest absolute Gasteiger partial charge is 0.326 e. The molecule has 1 aliphatic carbocycles. The molecule has 0 bridgehead atoms. The van der Waals surface area contributed by atoms with Crippen LogP contribution < -0.4 is 11.5 Å². The van der Waals surface area contributed by atoms with Gasteiger partial charge < -0.3 is 59.4 Å². The number of nitrogen functional groups attached to an aromatic ring is 2. The fourth-order valence-electron chi connectivity index (χ4n) is 13.9. The normalized spacial score (nSPS) is 23.3. The highest BCUT2D eigenvalue weighted by Crippen LogP contribution is 2.38. The second-order valence-corrected chi connectivity index (χ2v) is 27.2. The van der Waals surface area contributed by atoms with Crippen molar-refractivity contribution in [3.8, 4) is 11.3 Å². The van der Waals surface area contributed by atoms with Crippen molar-refractivity contribution in [3.05, 3.63) is 84.0 Å². The molecular weight excluding hydrogens is 1240 g/mol. The summed E-state index contributed by atoms with van der Waals surface area (Å²) in [5, 5.41) is 35.4. The topological polar surface area (TPSA) is 337 Å². The molecular formula is C72H103N11O14. The molecule has 13 atom stereocenters. The number of rotatable bonds is 37. The lowest BCUT2D eigenvalue weighted by Gasteiger charge is -2.42. The van der Waals surface area contributed by atoms with Gasteiger partial charge in [0.1, 0.15) is 47.0 Å². The molecule has 2 saturated heterocycles. The van der Waals surface area contributed by atoms with E-state index in [-0.39, 0.29) is 60.5 Å². The Labute approximate surface area is 569 Å². The minimum atomic E-state index is -2.38. The second-order valence-electron chi connectivity index (χ2n) is 27.2. The molecule has 6 N–H and O–H groups in total. The number of amides is 1. The Morgan fingerprint density at radius 2 is 1.68 bits per heavy atom. The molecule has 4 aromatic heterocycles. The second kappa shape index (κ2) is 35.9. The Morgan fingerprint density at radius 1 is 0.897 bits per heavy atom. The summed E-state index contributed by atoms with van der Waals surface area (Å²) in [7, 11) is 4.88. The lowest BCUT2D eigenvalue weighted by Crippen LogP contribution is -2.60. The van der Waals surface area contributed by atoms with Gasteiger partial charge in [0, 0.05) is 83.5 Å². The predicted molar refractivity (Wildman–Crippen MR) is 366 cm³/mol. The molecule has 1 unspecified atom stereocenters. The summed E-state index contributed by atoms with van der Waals surface area (Å²) in [5.74, 6) is -5.45. The van der Waals surface area contributed by atoms with Gasteiger partial charge in [0.2, 0.25) is 5.79 Å². The maximum atomic E-state index is 13.7. The number of carboxylic acid groups (broad SMARTS) is 1. The number of nitrogens with two attached hydrogens (primary N) is 2. The van der Waals surface area contributed by atoms with Crippen molar-refractivity contribution in [1.82, 2.24) is 44.6 Å². The van der Waals surface area contributed by atoms with Crippen LogP contribution in [-0.4, -0.2) is 168 Å². The van der Waals surface area contributed by atoms with E-state index in [2.05, 4.69) is 45.2 Å². The number of nitrogens with zero attached hydrogens (tertiary/aromatic N) is 9. The molecule has 3 fully saturated rings. The first-order valence-corrected chi connectivity index (χ1v) is 34.5. The summed E-state index contributed by atoms with van der Waals surface area (Å²) < 4.78 is 44.9. The van der Waals surface area contributed by atoms with E-state index in [9.17, 15) is 34.2 Å². The molecule has 0 spiro atoms. The van der Waals surface area contributed by atoms with Crippen LogP contribution in [0.15, 0.2) is 82.7 Å². The summed E-state index contributed by atoms with van der Waals surface area (Å²) >= 11 is 0. The van der Waals surface area contributed by atoms with Crippen LogP contribution in [0.5, 0.6) is 0 Å². The number of unbranched alkanes of at least 4 members (excludes halogenated alkanes) is 1. The number of oxazole rings is 1. The number of allylic oxidation sites excluding steroid dienone is 6. The van der Waals surface area contributed by atoms with Gasteiger partial charge in [-0.2, -0.15) is 10.1 Å². The first kappa shape index (κ1) is 75.4. The summed E-state index contributed by atoms with van der Waals surface area (Å²) in [6.07, 6.45) is 23.9. The molecule has 1 saturated carbocycles. The number of ether oxygens (including phenoxy) is 6. The molecule has 25 nitrogen and oxygen atoms in total. The van der Waals surface area contributed by atoms with Gasteiger partial charge in [-0.1, -0.05) is 81.9 Å². The third-order valence-electron chi connectivity index (χ3n) is 19.6. The number of hydrogen-bond acceptors (Lipinski definition) is 21. The third-order valence-corrected chi connectivity index (χ3v) is 19.6. The Bertz CT molecular complexity index is 3580. The SMILES string of the molecule is CO[C@@H](C[C@@H]1CC[C@@H](C)[C@](O)(C(=O)C(=O)N2CCCC[C@H]2C(=O)O)O1)/C(C)=C/C=C/C=C/[C@@H](C)C[C@@H](C)C(=O)[C@@H](C/C(C)=C/[C@@H](C)C(=O)CC[C@H](C)CC1CC[C@@H](OCCOCc2cn(CCCCn3nc(-c4ccc5oc(N)nc5c4)c4c(N)ncnc43)nn2)[C@H](OC)C1)OC. The number of carbonyl (C=O) groups is 5. The number of anilines is 2. The molecule has 2 aliphatic heterocycles. The summed E-state index contributed by atoms with van der Waals surface area (Å²) in [6, 6.07) is 4.54. The maximum absolute atomic E-state index is 13.7. The number of fused-ring (bicyclic) bond motifs is 2. The van der Waals surface area contributed by atoms with E-state index >= 15 is 0 Å². The van der Waals surface area contributed by atoms with Crippen molar-refractivity contribution < 1.29 is 67.0 Å². The molecule has 1 amide bonds. The third kappa shape index (κ3) is 20.4. The van der Waals surface area contributed by atoms with Crippen LogP contribution in [0.2, 0.25) is 0 Å². The minimum absolute atomic E-state index is 0.0200. The number of carboxylic acids is 1. The van der Waals surface area contributed by atoms with E-state index in [0.717, 1.165) is 72.2 Å². The van der Waals surface area contributed by atoms with Crippen molar-refractivity contribution in [2.75, 3.05) is 52.6 Å². The van der Waals surface area contributed by atoms with Gasteiger partial charge in [-0.15, -0.1) is 5.10 Å². The Morgan fingerprint density at radius 3 is 2.44 bits per heavy atom. The van der Waals surface area contributed by atoms with Crippen LogP contribution in [0.1, 0.15) is 157 Å². The number of aryl methyl sites for hydroxylation is 2.